The summed E-state index contributed by atoms with van der Waals surface area (Å²) in [7, 11) is 0. The minimum atomic E-state index is 0.610. The maximum atomic E-state index is 6.17. The number of benzene rings is 2. The third-order valence-corrected chi connectivity index (χ3v) is 6.49. The first kappa shape index (κ1) is 23.8. The highest BCUT2D eigenvalue weighted by molar-refractivity contribution is 5.89. The molecule has 0 aliphatic carbocycles. The van der Waals surface area contributed by atoms with Crippen molar-refractivity contribution >= 4 is 10.9 Å². The van der Waals surface area contributed by atoms with E-state index in [0.29, 0.717) is 11.8 Å². The van der Waals surface area contributed by atoms with Crippen molar-refractivity contribution in [3.8, 4) is 17.3 Å². The maximum absolute atomic E-state index is 6.17. The van der Waals surface area contributed by atoms with Crippen molar-refractivity contribution < 1.29 is 9.15 Å². The Hall–Kier alpha value is -3.31. The fraction of sp³-hybridized carbons (Fsp3) is 0.345. The van der Waals surface area contributed by atoms with Crippen LogP contribution in [-0.2, 0) is 0 Å². The molecular formula is C29H35N3O2. The minimum Gasteiger partial charge on any atom is -0.493 e. The van der Waals surface area contributed by atoms with Crippen molar-refractivity contribution in [2.24, 2.45) is 0 Å². The molecule has 1 saturated heterocycles. The van der Waals surface area contributed by atoms with E-state index in [1.807, 2.05) is 19.1 Å². The van der Waals surface area contributed by atoms with E-state index in [9.17, 15) is 0 Å². The number of ether oxygens (including phenoxy) is 1. The third-order valence-electron chi connectivity index (χ3n) is 6.49. The molecule has 1 fully saturated rings. The molecule has 0 bridgehead atoms. The standard InChI is InChI=1S/C27H31N3O2.C2H4/c1-19-7-9-21(10-8-19)22-11-14-30(15-12-22)13-4-16-31-26-6-3-5-24-23(26)17-25(29-24)27-28-18-20(2)32-27;1-2/h3,5-10,17-18,22,29H,4,11-16H2,1-2H3;1-2H2. The first-order valence-electron chi connectivity index (χ1n) is 12.1. The zero-order chi connectivity index (χ0) is 23.9. The number of aromatic nitrogens is 2. The van der Waals surface area contributed by atoms with Gasteiger partial charge in [-0.05, 0) is 75.9 Å². The quantitative estimate of drug-likeness (QED) is 0.242. The lowest BCUT2D eigenvalue weighted by molar-refractivity contribution is 0.193. The van der Waals surface area contributed by atoms with Crippen LogP contribution in [0.2, 0.25) is 0 Å². The zero-order valence-corrected chi connectivity index (χ0v) is 20.3. The summed E-state index contributed by atoms with van der Waals surface area (Å²) >= 11 is 0. The van der Waals surface area contributed by atoms with Gasteiger partial charge in [-0.1, -0.05) is 35.9 Å². The Kier molecular flexibility index (Phi) is 7.86. The molecule has 2 aromatic heterocycles. The Bertz CT molecular complexity index is 1180. The van der Waals surface area contributed by atoms with Gasteiger partial charge in [0.25, 0.3) is 0 Å². The number of oxazole rings is 1. The van der Waals surface area contributed by atoms with Crippen LogP contribution in [0, 0.1) is 13.8 Å². The maximum Gasteiger partial charge on any atom is 0.243 e. The third kappa shape index (κ3) is 5.60. The molecular weight excluding hydrogens is 422 g/mol. The molecule has 5 rings (SSSR count). The van der Waals surface area contributed by atoms with Gasteiger partial charge in [0, 0.05) is 17.4 Å². The lowest BCUT2D eigenvalue weighted by atomic mass is 9.89. The Balaban J connectivity index is 0.00000133. The van der Waals surface area contributed by atoms with E-state index in [-0.39, 0.29) is 0 Å². The Morgan fingerprint density at radius 2 is 1.85 bits per heavy atom. The number of piperidine rings is 1. The average Bonchev–Trinajstić information content (AvgIpc) is 3.51. The molecule has 2 aromatic carbocycles. The summed E-state index contributed by atoms with van der Waals surface area (Å²) < 4.78 is 11.8. The highest BCUT2D eigenvalue weighted by atomic mass is 16.5. The number of nitrogens with zero attached hydrogens (tertiary/aromatic N) is 2. The van der Waals surface area contributed by atoms with E-state index in [1.54, 1.807) is 6.20 Å². The minimum absolute atomic E-state index is 0.610. The van der Waals surface area contributed by atoms with Gasteiger partial charge < -0.3 is 19.0 Å². The van der Waals surface area contributed by atoms with Gasteiger partial charge in [-0.2, -0.15) is 0 Å². The van der Waals surface area contributed by atoms with Crippen LogP contribution in [0.25, 0.3) is 22.5 Å². The smallest absolute Gasteiger partial charge is 0.243 e. The van der Waals surface area contributed by atoms with Gasteiger partial charge in [-0.25, -0.2) is 4.98 Å². The Labute approximate surface area is 202 Å². The molecule has 0 radical (unpaired) electrons. The molecule has 1 N–H and O–H groups in total. The van der Waals surface area contributed by atoms with Crippen LogP contribution < -0.4 is 4.74 Å². The molecule has 0 atom stereocenters. The Morgan fingerprint density at radius 1 is 1.09 bits per heavy atom. The van der Waals surface area contributed by atoms with Crippen molar-refractivity contribution in [3.05, 3.63) is 84.8 Å². The normalized spacial score (nSPS) is 14.6. The van der Waals surface area contributed by atoms with Gasteiger partial charge in [0.1, 0.15) is 17.2 Å². The second-order valence-electron chi connectivity index (χ2n) is 8.91. The lowest BCUT2D eigenvalue weighted by Crippen LogP contribution is -2.34. The van der Waals surface area contributed by atoms with Gasteiger partial charge in [0.2, 0.25) is 5.89 Å². The van der Waals surface area contributed by atoms with Crippen LogP contribution in [0.4, 0.5) is 0 Å². The molecule has 5 heteroatoms. The second kappa shape index (κ2) is 11.2. The summed E-state index contributed by atoms with van der Waals surface area (Å²) in [4.78, 5) is 10.3. The molecule has 5 nitrogen and oxygen atoms in total. The molecule has 4 aromatic rings. The van der Waals surface area contributed by atoms with Crippen LogP contribution in [-0.4, -0.2) is 41.1 Å². The van der Waals surface area contributed by atoms with E-state index < -0.39 is 0 Å². The van der Waals surface area contributed by atoms with Gasteiger partial charge in [0.15, 0.2) is 0 Å². The van der Waals surface area contributed by atoms with Crippen LogP contribution in [0.1, 0.15) is 42.1 Å². The molecule has 0 spiro atoms. The summed E-state index contributed by atoms with van der Waals surface area (Å²) in [6, 6.07) is 17.3. The summed E-state index contributed by atoms with van der Waals surface area (Å²) in [5.41, 5.74) is 4.75. The monoisotopic (exact) mass is 457 g/mol. The number of H-pyrrole nitrogens is 1. The largest absolute Gasteiger partial charge is 0.493 e. The van der Waals surface area contributed by atoms with Crippen LogP contribution in [0.3, 0.4) is 0 Å². The van der Waals surface area contributed by atoms with Crippen LogP contribution >= 0.6 is 0 Å². The van der Waals surface area contributed by atoms with E-state index in [1.165, 1.54) is 37.1 Å². The number of likely N-dealkylation sites (tertiary alicyclic amines) is 1. The van der Waals surface area contributed by atoms with Crippen molar-refractivity contribution in [1.29, 1.82) is 0 Å². The molecule has 178 valence electrons. The van der Waals surface area contributed by atoms with Gasteiger partial charge in [0.05, 0.1) is 12.8 Å². The number of hydrogen-bond acceptors (Lipinski definition) is 4. The first-order chi connectivity index (χ1) is 16.7. The number of hydrogen-bond donors (Lipinski definition) is 1. The molecule has 0 saturated carbocycles. The van der Waals surface area contributed by atoms with Crippen molar-refractivity contribution in [1.82, 2.24) is 14.9 Å². The van der Waals surface area contributed by atoms with E-state index >= 15 is 0 Å². The highest BCUT2D eigenvalue weighted by Crippen LogP contribution is 2.31. The zero-order valence-electron chi connectivity index (χ0n) is 20.3. The van der Waals surface area contributed by atoms with Gasteiger partial charge >= 0.3 is 0 Å². The average molecular weight is 458 g/mol. The fourth-order valence-electron chi connectivity index (χ4n) is 4.65. The molecule has 0 unspecified atom stereocenters. The number of aryl methyl sites for hydroxylation is 2. The molecule has 0 amide bonds. The predicted octanol–water partition coefficient (Wildman–Crippen LogP) is 6.89. The van der Waals surface area contributed by atoms with Crippen molar-refractivity contribution in [2.75, 3.05) is 26.2 Å². The highest BCUT2D eigenvalue weighted by Gasteiger charge is 2.20. The van der Waals surface area contributed by atoms with E-state index in [4.69, 9.17) is 9.15 Å². The summed E-state index contributed by atoms with van der Waals surface area (Å²) in [6.07, 6.45) is 5.26. The summed E-state index contributed by atoms with van der Waals surface area (Å²) in [6.45, 7) is 14.2. The van der Waals surface area contributed by atoms with Crippen molar-refractivity contribution in [2.45, 2.75) is 39.0 Å². The first-order valence-corrected chi connectivity index (χ1v) is 12.1. The molecule has 3 heterocycles. The topological polar surface area (TPSA) is 54.3 Å². The van der Waals surface area contributed by atoms with E-state index in [2.05, 4.69) is 71.3 Å². The lowest BCUT2D eigenvalue weighted by Gasteiger charge is -2.32. The fourth-order valence-corrected chi connectivity index (χ4v) is 4.65. The van der Waals surface area contributed by atoms with Crippen molar-refractivity contribution in [3.63, 3.8) is 0 Å². The summed E-state index contributed by atoms with van der Waals surface area (Å²) in [5, 5.41) is 1.07. The van der Waals surface area contributed by atoms with E-state index in [0.717, 1.165) is 47.7 Å². The molecule has 34 heavy (non-hydrogen) atoms. The summed E-state index contributed by atoms with van der Waals surface area (Å²) in [5.74, 6) is 3.03. The predicted molar refractivity (Wildman–Crippen MR) is 139 cm³/mol. The number of fused-ring (bicyclic) bond motifs is 1. The molecule has 1 aliphatic rings. The number of nitrogens with one attached hydrogen (secondary N) is 1. The number of rotatable bonds is 7. The van der Waals surface area contributed by atoms with Gasteiger partial charge in [-0.3, -0.25) is 0 Å². The second-order valence-corrected chi connectivity index (χ2v) is 8.91. The van der Waals surface area contributed by atoms with Gasteiger partial charge in [-0.15, -0.1) is 13.2 Å². The van der Waals surface area contributed by atoms with Crippen LogP contribution in [0.5, 0.6) is 5.75 Å². The van der Waals surface area contributed by atoms with Crippen LogP contribution in [0.15, 0.2) is 72.3 Å². The Morgan fingerprint density at radius 3 is 2.56 bits per heavy atom. The number of aromatic amines is 1. The molecule has 1 aliphatic heterocycles. The SMILES string of the molecule is C=C.Cc1ccc(C2CCN(CCCOc3cccc4[nH]c(-c5ncc(C)o5)cc34)CC2)cc1.